The molecule has 42 heavy (non-hydrogen) atoms. The van der Waals surface area contributed by atoms with E-state index in [-0.39, 0.29) is 0 Å². The van der Waals surface area contributed by atoms with E-state index in [0.717, 1.165) is 82.9 Å². The van der Waals surface area contributed by atoms with E-state index < -0.39 is 0 Å². The number of fused-ring (bicyclic) bond motifs is 2. The van der Waals surface area contributed by atoms with Crippen LogP contribution in [0.15, 0.2) is 0 Å². The lowest BCUT2D eigenvalue weighted by Gasteiger charge is -2.58. The second-order valence-electron chi connectivity index (χ2n) is 18.6. The molecule has 0 aromatic heterocycles. The molecule has 0 bridgehead atoms. The van der Waals surface area contributed by atoms with Crippen LogP contribution < -0.4 is 0 Å². The van der Waals surface area contributed by atoms with Gasteiger partial charge in [0.1, 0.15) is 0 Å². The minimum atomic E-state index is 0.446. The summed E-state index contributed by atoms with van der Waals surface area (Å²) in [5.41, 5.74) is 0.958. The Bertz CT molecular complexity index is 782. The summed E-state index contributed by atoms with van der Waals surface area (Å²) in [5, 5.41) is 0. The number of rotatable bonds is 5. The number of hydrogen-bond donors (Lipinski definition) is 0. The van der Waals surface area contributed by atoms with Crippen molar-refractivity contribution >= 4 is 0 Å². The molecule has 4 saturated carbocycles. The Morgan fingerprint density at radius 3 is 1.93 bits per heavy atom. The highest BCUT2D eigenvalue weighted by molar-refractivity contribution is 5.02. The summed E-state index contributed by atoms with van der Waals surface area (Å²) in [4.78, 5) is 0. The monoisotopic (exact) mass is 585 g/mol. The van der Waals surface area contributed by atoms with Crippen molar-refractivity contribution in [2.75, 3.05) is 0 Å². The van der Waals surface area contributed by atoms with Gasteiger partial charge in [0.05, 0.1) is 0 Å². The number of hydrogen-bond acceptors (Lipinski definition) is 0. The molecule has 0 aromatic carbocycles. The lowest BCUT2D eigenvalue weighted by molar-refractivity contribution is -0.0925. The van der Waals surface area contributed by atoms with Gasteiger partial charge in [-0.3, -0.25) is 0 Å². The topological polar surface area (TPSA) is 0 Å². The lowest BCUT2D eigenvalue weighted by Crippen LogP contribution is -2.51. The Balaban J connectivity index is 0.00000237. The molecular weight excluding hydrogens is 504 g/mol. The molecule has 248 valence electrons. The van der Waals surface area contributed by atoms with Crippen LogP contribution in [0.25, 0.3) is 0 Å². The van der Waals surface area contributed by atoms with Crippen LogP contribution in [0.2, 0.25) is 0 Å². The van der Waals surface area contributed by atoms with Crippen LogP contribution in [-0.4, -0.2) is 0 Å². The fraction of sp³-hybridized carbons (Fsp3) is 1.00. The first-order valence-electron chi connectivity index (χ1n) is 19.7. The molecule has 0 N–H and O–H groups in total. The SMILES string of the molecule is CC.CCC1C(C)C(C(C)C)C(C)C(C)CC2C(CC3CCC(C(C)(C)CC4CCCCC4)C(C)C3C2C)CC1(C)C. The minimum Gasteiger partial charge on any atom is -0.0683 e. The third-order valence-electron chi connectivity index (χ3n) is 15.1. The van der Waals surface area contributed by atoms with E-state index in [0.29, 0.717) is 10.8 Å². The molecule has 0 radical (unpaired) electrons. The molecule has 4 fully saturated rings. The third kappa shape index (κ3) is 7.68. The van der Waals surface area contributed by atoms with Crippen LogP contribution in [0, 0.1) is 93.7 Å². The average Bonchev–Trinajstić information content (AvgIpc) is 2.91. The summed E-state index contributed by atoms with van der Waals surface area (Å²) in [6, 6.07) is 0. The van der Waals surface area contributed by atoms with E-state index in [1.165, 1.54) is 70.6 Å². The van der Waals surface area contributed by atoms with Crippen molar-refractivity contribution in [3.05, 3.63) is 0 Å². The molecule has 0 aliphatic heterocycles. The van der Waals surface area contributed by atoms with Crippen molar-refractivity contribution in [2.45, 2.75) is 174 Å². The largest absolute Gasteiger partial charge is 0.0683 e. The summed E-state index contributed by atoms with van der Waals surface area (Å²) in [7, 11) is 0. The molecule has 4 rings (SSSR count). The van der Waals surface area contributed by atoms with Gasteiger partial charge in [-0.25, -0.2) is 0 Å². The van der Waals surface area contributed by atoms with E-state index in [2.05, 4.69) is 83.1 Å². The van der Waals surface area contributed by atoms with Crippen molar-refractivity contribution in [3.63, 3.8) is 0 Å². The standard InChI is InChI=1S/C40H74.C2H6/c1-13-35-29(7)37(25(2)3)27(5)26(4)21-34-28(6)38-30(8)36(39(9,10)23-31-17-15-14-16-18-31)20-19-32(38)22-33(34)24-40(35,11)12;1-2/h25-38H,13-24H2,1-12H3;1-2H3. The maximum absolute atomic E-state index is 2.76. The quantitative estimate of drug-likeness (QED) is 0.301. The lowest BCUT2D eigenvalue weighted by atomic mass is 9.47. The van der Waals surface area contributed by atoms with Gasteiger partial charge in [-0.05, 0) is 132 Å². The zero-order valence-electron chi connectivity index (χ0n) is 31.6. The van der Waals surface area contributed by atoms with E-state index in [1.807, 2.05) is 13.8 Å². The highest BCUT2D eigenvalue weighted by Gasteiger charge is 2.53. The van der Waals surface area contributed by atoms with Gasteiger partial charge in [0, 0.05) is 0 Å². The molecule has 12 atom stereocenters. The fourth-order valence-corrected chi connectivity index (χ4v) is 13.5. The molecule has 0 nitrogen and oxygen atoms in total. The Hall–Kier alpha value is 0. The highest BCUT2D eigenvalue weighted by atomic mass is 14.6. The van der Waals surface area contributed by atoms with Crippen molar-refractivity contribution < 1.29 is 0 Å². The predicted molar refractivity (Wildman–Crippen MR) is 189 cm³/mol. The third-order valence-corrected chi connectivity index (χ3v) is 15.1. The predicted octanol–water partition coefficient (Wildman–Crippen LogP) is 13.6. The maximum atomic E-state index is 2.76. The minimum absolute atomic E-state index is 0.446. The molecule has 0 amide bonds. The van der Waals surface area contributed by atoms with E-state index >= 15 is 0 Å². The average molecular weight is 585 g/mol. The van der Waals surface area contributed by atoms with Gasteiger partial charge >= 0.3 is 0 Å². The zero-order valence-corrected chi connectivity index (χ0v) is 31.6. The van der Waals surface area contributed by atoms with Gasteiger partial charge in [0.25, 0.3) is 0 Å². The molecule has 4 aliphatic carbocycles. The van der Waals surface area contributed by atoms with E-state index in [9.17, 15) is 0 Å². The van der Waals surface area contributed by atoms with Crippen molar-refractivity contribution in [2.24, 2.45) is 93.7 Å². The summed E-state index contributed by atoms with van der Waals surface area (Å²) >= 11 is 0. The van der Waals surface area contributed by atoms with Crippen LogP contribution in [0.1, 0.15) is 174 Å². The first-order chi connectivity index (χ1) is 19.7. The Morgan fingerprint density at radius 1 is 0.738 bits per heavy atom. The summed E-state index contributed by atoms with van der Waals surface area (Å²) in [5.74, 6) is 12.5. The van der Waals surface area contributed by atoms with Crippen molar-refractivity contribution in [1.29, 1.82) is 0 Å². The zero-order chi connectivity index (χ0) is 31.6. The Kier molecular flexibility index (Phi) is 13.1. The van der Waals surface area contributed by atoms with Gasteiger partial charge in [-0.1, -0.05) is 135 Å². The van der Waals surface area contributed by atoms with Gasteiger partial charge in [-0.15, -0.1) is 0 Å². The van der Waals surface area contributed by atoms with Gasteiger partial charge in [-0.2, -0.15) is 0 Å². The van der Waals surface area contributed by atoms with Gasteiger partial charge < -0.3 is 0 Å². The van der Waals surface area contributed by atoms with Crippen molar-refractivity contribution in [3.8, 4) is 0 Å². The molecular formula is C42H80. The summed E-state index contributed by atoms with van der Waals surface area (Å²) in [6.45, 7) is 35.8. The smallest absolute Gasteiger partial charge is 0.0321 e. The summed E-state index contributed by atoms with van der Waals surface area (Å²) < 4.78 is 0. The van der Waals surface area contributed by atoms with Crippen molar-refractivity contribution in [1.82, 2.24) is 0 Å². The van der Waals surface area contributed by atoms with Crippen LogP contribution in [-0.2, 0) is 0 Å². The maximum Gasteiger partial charge on any atom is -0.0321 e. The normalized spacial score (nSPS) is 43.5. The molecule has 0 aromatic rings. The molecule has 12 unspecified atom stereocenters. The fourth-order valence-electron chi connectivity index (χ4n) is 13.5. The Labute approximate surface area is 267 Å². The first-order valence-corrected chi connectivity index (χ1v) is 19.7. The van der Waals surface area contributed by atoms with Gasteiger partial charge in [0.2, 0.25) is 0 Å². The first kappa shape index (κ1) is 36.5. The van der Waals surface area contributed by atoms with Crippen LogP contribution in [0.5, 0.6) is 0 Å². The second-order valence-corrected chi connectivity index (χ2v) is 18.6. The van der Waals surface area contributed by atoms with Crippen LogP contribution in [0.3, 0.4) is 0 Å². The summed E-state index contributed by atoms with van der Waals surface area (Å²) in [6.07, 6.45) is 17.9. The molecule has 0 heterocycles. The second kappa shape index (κ2) is 15.1. The molecule has 4 aliphatic rings. The highest BCUT2D eigenvalue weighted by Crippen LogP contribution is 2.61. The van der Waals surface area contributed by atoms with E-state index in [1.54, 1.807) is 6.42 Å². The molecule has 0 saturated heterocycles. The van der Waals surface area contributed by atoms with Crippen LogP contribution >= 0.6 is 0 Å². The van der Waals surface area contributed by atoms with Gasteiger partial charge in [0.15, 0.2) is 0 Å². The van der Waals surface area contributed by atoms with Crippen LogP contribution in [0.4, 0.5) is 0 Å². The van der Waals surface area contributed by atoms with E-state index in [4.69, 9.17) is 0 Å². The Morgan fingerprint density at radius 2 is 1.36 bits per heavy atom. The molecule has 0 spiro atoms. The molecule has 0 heteroatoms.